The van der Waals surface area contributed by atoms with Gasteiger partial charge in [0.25, 0.3) is 0 Å². The van der Waals surface area contributed by atoms with E-state index in [0.29, 0.717) is 128 Å². The van der Waals surface area contributed by atoms with E-state index in [1.807, 2.05) is 66.7 Å². The monoisotopic (exact) mass is 2010 g/mol. The maximum Gasteiger partial charge on any atom is 0.434 e. The molecular weight excluding hydrogens is 1920 g/mol. The Labute approximate surface area is 829 Å². The molecule has 147 heavy (non-hydrogen) atoms. The summed E-state index contributed by atoms with van der Waals surface area (Å²) in [5, 5.41) is 7.84. The molecule has 1 saturated heterocycles. The van der Waals surface area contributed by atoms with E-state index in [-0.39, 0.29) is 85.2 Å². The molecule has 18 aromatic rings. The van der Waals surface area contributed by atoms with Gasteiger partial charge in [-0.25, -0.2) is 79.1 Å². The van der Waals surface area contributed by atoms with Gasteiger partial charge in [0.15, 0.2) is 51.7 Å². The minimum Gasteiger partial charge on any atom is -0.474 e. The van der Waals surface area contributed by atoms with Gasteiger partial charge in [-0.1, -0.05) is 166 Å². The molecule has 4 aliphatic rings. The van der Waals surface area contributed by atoms with Crippen LogP contribution in [0.1, 0.15) is 114 Å². The number of nitrogens with zero attached hydrogens (tertiary/aromatic N) is 26. The van der Waals surface area contributed by atoms with Gasteiger partial charge in [0.2, 0.25) is 17.7 Å². The second-order valence-corrected chi connectivity index (χ2v) is 36.5. The zero-order valence-corrected chi connectivity index (χ0v) is 80.1. The maximum absolute atomic E-state index is 13.1. The zero-order chi connectivity index (χ0) is 104. The Kier molecular flexibility index (Phi) is 26.6. The fraction of sp³-hybridized carbons (Fsp3) is 0.260. The number of carbonyl (C=O) groups excluding carboxylic acids is 2. The molecule has 12 aromatic heterocycles. The number of carbonyl (C=O) groups is 2. The van der Waals surface area contributed by atoms with Crippen molar-refractivity contribution in [1.82, 2.24) is 112 Å². The van der Waals surface area contributed by atoms with Crippen LogP contribution in [0.25, 0.3) is 108 Å². The zero-order valence-electron chi connectivity index (χ0n) is 80.1. The summed E-state index contributed by atoms with van der Waals surface area (Å²) in [7, 11) is 7.74. The van der Waals surface area contributed by atoms with Gasteiger partial charge in [-0.3, -0.25) is 37.7 Å². The number of benzene rings is 6. The normalized spacial score (nSPS) is 13.8. The molecule has 22 rings (SSSR count). The number of pyridine rings is 2. The lowest BCUT2D eigenvalue weighted by molar-refractivity contribution is -0.180. The van der Waals surface area contributed by atoms with Gasteiger partial charge in [0, 0.05) is 131 Å². The number of ether oxygens (including phenoxy) is 1. The number of hydrogen-bond acceptors (Lipinski definition) is 21. The van der Waals surface area contributed by atoms with Crippen LogP contribution in [0.3, 0.4) is 0 Å². The molecule has 31 nitrogen and oxygen atoms in total. The third-order valence-electron chi connectivity index (χ3n) is 25.5. The van der Waals surface area contributed by atoms with Gasteiger partial charge in [0.1, 0.15) is 52.1 Å². The van der Waals surface area contributed by atoms with Crippen molar-refractivity contribution in [1.29, 1.82) is 0 Å². The predicted octanol–water partition coefficient (Wildman–Crippen LogP) is 18.6. The topological polar surface area (TPSA) is 320 Å². The van der Waals surface area contributed by atoms with E-state index in [1.54, 1.807) is 157 Å². The van der Waals surface area contributed by atoms with Crippen molar-refractivity contribution in [3.8, 4) is 91.3 Å². The first kappa shape index (κ1) is 98.7. The van der Waals surface area contributed by atoms with Crippen LogP contribution in [0.4, 0.5) is 70.1 Å². The average molecular weight is 2010 g/mol. The van der Waals surface area contributed by atoms with Crippen LogP contribution in [0.5, 0.6) is 5.88 Å². The summed E-state index contributed by atoms with van der Waals surface area (Å²) in [5.74, 6) is 3.63. The van der Waals surface area contributed by atoms with Gasteiger partial charge in [-0.05, 0) is 94.5 Å². The first-order valence-electron chi connectivity index (χ1n) is 46.5. The molecule has 0 atom stereocenters. The van der Waals surface area contributed by atoms with Crippen molar-refractivity contribution in [3.63, 3.8) is 0 Å². The van der Waals surface area contributed by atoms with Gasteiger partial charge in [0.05, 0.1) is 86.5 Å². The van der Waals surface area contributed by atoms with Crippen molar-refractivity contribution in [2.75, 3.05) is 27.8 Å². The average Bonchev–Trinajstić information content (AvgIpc) is 1.67. The molecule has 6 aromatic carbocycles. The highest BCUT2D eigenvalue weighted by Gasteiger charge is 2.49. The number of aryl methyl sites for hydroxylation is 5. The predicted molar refractivity (Wildman–Crippen MR) is 521 cm³/mol. The highest BCUT2D eigenvalue weighted by Crippen LogP contribution is 2.43. The summed E-state index contributed by atoms with van der Waals surface area (Å²) in [6.45, 7) is 9.15. The molecule has 0 bridgehead atoms. The maximum atomic E-state index is 13.1. The molecule has 0 spiro atoms. The molecule has 3 aliphatic heterocycles. The number of hydrogen-bond donors (Lipinski definition) is 0. The van der Waals surface area contributed by atoms with E-state index < -0.39 is 47.7 Å². The summed E-state index contributed by atoms with van der Waals surface area (Å²) in [6.07, 6.45) is 0.795. The van der Waals surface area contributed by atoms with Gasteiger partial charge >= 0.3 is 36.1 Å². The molecule has 15 heterocycles. The third-order valence-corrected chi connectivity index (χ3v) is 25.5. The Bertz CT molecular complexity index is 8120. The highest BCUT2D eigenvalue weighted by atomic mass is 19.4. The number of fused-ring (bicyclic) bond motifs is 4. The molecule has 43 heteroatoms. The van der Waals surface area contributed by atoms with Crippen LogP contribution >= 0.6 is 0 Å². The lowest BCUT2D eigenvalue weighted by Gasteiger charge is -2.41. The number of halogens is 12. The van der Waals surface area contributed by atoms with Crippen LogP contribution in [-0.2, 0) is 102 Å². The Morgan fingerprint density at radius 3 is 1.17 bits per heavy atom. The second-order valence-electron chi connectivity index (χ2n) is 36.5. The quantitative estimate of drug-likeness (QED) is 0.0603. The first-order chi connectivity index (χ1) is 70.2. The van der Waals surface area contributed by atoms with Crippen molar-refractivity contribution in [3.05, 3.63) is 321 Å². The molecule has 1 saturated carbocycles. The summed E-state index contributed by atoms with van der Waals surface area (Å²) in [5.41, 5.74) is 11.0. The van der Waals surface area contributed by atoms with Crippen LogP contribution in [-0.4, -0.2) is 149 Å². The minimum atomic E-state index is -4.57. The number of amides is 2. The molecule has 0 radical (unpaired) electrons. The van der Waals surface area contributed by atoms with Crippen LogP contribution in [0, 0.1) is 5.92 Å². The largest absolute Gasteiger partial charge is 0.474 e. The lowest BCUT2D eigenvalue weighted by atomic mass is 9.97. The minimum absolute atomic E-state index is 0.0407. The Morgan fingerprint density at radius 2 is 0.776 bits per heavy atom. The van der Waals surface area contributed by atoms with Crippen LogP contribution in [0.2, 0.25) is 0 Å². The van der Waals surface area contributed by atoms with Crippen molar-refractivity contribution in [2.45, 2.75) is 122 Å². The second kappa shape index (κ2) is 39.6. The fourth-order valence-electron chi connectivity index (χ4n) is 17.6. The number of imidazole rings is 5. The summed E-state index contributed by atoms with van der Waals surface area (Å²) in [4.78, 5) is 113. The fourth-order valence-corrected chi connectivity index (χ4v) is 17.6. The van der Waals surface area contributed by atoms with Crippen LogP contribution in [0.15, 0.2) is 248 Å². The van der Waals surface area contributed by atoms with Gasteiger partial charge in [-0.2, -0.15) is 52.7 Å². The molecular formula is C104H90F12N26O5. The number of rotatable bonds is 21. The smallest absolute Gasteiger partial charge is 0.434 e. The van der Waals surface area contributed by atoms with E-state index in [9.17, 15) is 71.9 Å². The molecule has 0 N–H and O–H groups in total. The van der Waals surface area contributed by atoms with E-state index in [1.165, 1.54) is 76.0 Å². The van der Waals surface area contributed by atoms with Gasteiger partial charge < -0.3 is 23.3 Å². The molecule has 1 aliphatic carbocycles. The van der Waals surface area contributed by atoms with E-state index in [0.717, 1.165) is 81.6 Å². The van der Waals surface area contributed by atoms with E-state index in [4.69, 9.17) is 19.7 Å². The van der Waals surface area contributed by atoms with Gasteiger partial charge in [-0.15, -0.1) is 5.10 Å². The van der Waals surface area contributed by atoms with Crippen molar-refractivity contribution in [2.24, 2.45) is 41.2 Å². The summed E-state index contributed by atoms with van der Waals surface area (Å²) in [6, 6.07) is 51.5. The molecule has 2 amide bonds. The Morgan fingerprint density at radius 1 is 0.395 bits per heavy atom. The number of aromatic nitrogens is 23. The summed E-state index contributed by atoms with van der Waals surface area (Å²) >= 11 is 0. The Balaban J connectivity index is 0.000000124. The van der Waals surface area contributed by atoms with E-state index >= 15 is 0 Å². The van der Waals surface area contributed by atoms with Crippen molar-refractivity contribution < 1.29 is 67.0 Å². The lowest BCUT2D eigenvalue weighted by Crippen LogP contribution is -2.53. The number of anilines is 3. The SMILES string of the molecule is CC(C)c1ccccc1-c1ncc2c(n1)N(Cc1ccc(-c3nc(C(F)(F)F)cn3C)cc1)C(=O)C2.CC(C)c1ccccc1-c1ncc2c(n1)N(Cc1ccc(-n3ccnn3)cc1)C(=O)C2.Cn1cc(C(F)(F)F)nc1-c1ccc(Cn2c(=O)n(C)c3cnc(-c4cccnc4N4CC(C(F)(F)F)C4)nc32)cc1.Cn1cc(C(F)(F)F)nc1-c1ccc(Cn2c(=O)n(C)c3cnc(-c4cccnc4OC4CC4)nc32)cc1. The number of alkyl halides is 12. The highest BCUT2D eigenvalue weighted by molar-refractivity contribution is 6.01. The van der Waals surface area contributed by atoms with Crippen LogP contribution < -0.4 is 30.8 Å². The standard InChI is InChI=1S/C27H22F6N8O.C27H24F3N5O.C26H22F3N7O2.C24H22N6O/c1-38-14-20(27(31,32)33)36-22(38)16-7-5-15(6-8-16)11-41-24-19(39(2)25(41)42)10-35-21(37-24)18-4-3-9-34-23(18)40-12-17(13-40)26(28,29)30;1-16(2)20-6-4-5-7-21(20)24-31-13-19-12-23(36)35(26(19)33-24)14-17-8-10-18(11-9-17)25-32-22(15-34(25)3)27(28,29)30;1-34-14-20(26(27,28)29)32-22(34)16-7-5-15(6-8-16)13-36-23-19(35(2)25(36)37)12-31-21(33-23)18-4-3-11-30-24(18)38-17-9-10-17;1-16(2)20-5-3-4-6-21(20)23-25-14-18-13-22(31)29(24(18)27-23)15-17-7-9-19(10-8-17)30-12-11-26-28-30/h3-10,14,17H,11-13H2,1-2H3;4-11,13,15-16H,12,14H2,1-3H3;3-8,11-12,14,17H,9-10,13H2,1-2H3;3-12,14,16H,13,15H2,1-2H3. The summed E-state index contributed by atoms with van der Waals surface area (Å²) < 4.78 is 174. The Hall–Kier alpha value is -17.1. The van der Waals surface area contributed by atoms with E-state index in [2.05, 4.69) is 100.0 Å². The first-order valence-corrected chi connectivity index (χ1v) is 46.5. The third kappa shape index (κ3) is 20.7. The van der Waals surface area contributed by atoms with Crippen molar-refractivity contribution >= 4 is 51.6 Å². The molecule has 2 fully saturated rings. The molecule has 0 unspecified atom stereocenters. The molecule has 750 valence electrons.